The van der Waals surface area contributed by atoms with E-state index >= 15 is 0 Å². The van der Waals surface area contributed by atoms with E-state index in [2.05, 4.69) is 107 Å². The number of para-hydroxylation sites is 1. The Morgan fingerprint density at radius 1 is 0.724 bits per heavy atom. The molecule has 1 atom stereocenters. The van der Waals surface area contributed by atoms with Gasteiger partial charge in [-0.2, -0.15) is 0 Å². The zero-order valence-electron chi connectivity index (χ0n) is 16.7. The molecule has 1 N–H and O–H groups in total. The molecular formula is C26H28N2O. The fourth-order valence-electron chi connectivity index (χ4n) is 4.02. The average molecular weight is 385 g/mol. The summed E-state index contributed by atoms with van der Waals surface area (Å²) < 4.78 is 2.32. The number of aliphatic hydroxyl groups excluding tert-OH is 1. The third kappa shape index (κ3) is 4.94. The van der Waals surface area contributed by atoms with Crippen LogP contribution in [0.3, 0.4) is 0 Å². The minimum Gasteiger partial charge on any atom is -0.396 e. The molecular weight excluding hydrogens is 356 g/mol. The first-order valence-electron chi connectivity index (χ1n) is 10.3. The molecule has 3 heteroatoms. The van der Waals surface area contributed by atoms with Crippen molar-refractivity contribution < 1.29 is 5.11 Å². The Bertz CT molecular complexity index is 969. The minimum absolute atomic E-state index is 0.184. The van der Waals surface area contributed by atoms with Crippen molar-refractivity contribution in [3.63, 3.8) is 0 Å². The Labute approximate surface area is 172 Å². The third-order valence-corrected chi connectivity index (χ3v) is 5.52. The van der Waals surface area contributed by atoms with Gasteiger partial charge < -0.3 is 9.67 Å². The second-order valence-electron chi connectivity index (χ2n) is 7.57. The Morgan fingerprint density at radius 3 is 1.93 bits per heavy atom. The van der Waals surface area contributed by atoms with Crippen molar-refractivity contribution in [2.75, 3.05) is 6.61 Å². The van der Waals surface area contributed by atoms with Crippen molar-refractivity contribution >= 4 is 10.9 Å². The molecule has 1 aromatic heterocycles. The standard InChI is InChI=1S/C26H28N2O/c29-18-16-25(21-27-17-15-24-13-7-8-14-26(24)27)28(19-22-9-3-1-4-10-22)20-23-11-5-2-6-12-23/h1-15,17,25,29H,16,18-21H2/t25-/m0/s1. The average Bonchev–Trinajstić information content (AvgIpc) is 3.17. The van der Waals surface area contributed by atoms with Crippen molar-refractivity contribution in [1.82, 2.24) is 9.47 Å². The summed E-state index contributed by atoms with van der Waals surface area (Å²) in [5.41, 5.74) is 3.84. The van der Waals surface area contributed by atoms with Crippen LogP contribution in [0.4, 0.5) is 0 Å². The molecule has 0 spiro atoms. The number of aromatic nitrogens is 1. The van der Waals surface area contributed by atoms with Gasteiger partial charge >= 0.3 is 0 Å². The van der Waals surface area contributed by atoms with Crippen LogP contribution in [0.25, 0.3) is 10.9 Å². The van der Waals surface area contributed by atoms with E-state index < -0.39 is 0 Å². The smallest absolute Gasteiger partial charge is 0.0480 e. The second kappa shape index (κ2) is 9.55. The molecule has 29 heavy (non-hydrogen) atoms. The van der Waals surface area contributed by atoms with E-state index in [0.717, 1.165) is 26.1 Å². The summed E-state index contributed by atoms with van der Waals surface area (Å²) in [6, 6.07) is 32.1. The van der Waals surface area contributed by atoms with Gasteiger partial charge in [0.1, 0.15) is 0 Å². The summed E-state index contributed by atoms with van der Waals surface area (Å²) >= 11 is 0. The summed E-state index contributed by atoms with van der Waals surface area (Å²) in [4.78, 5) is 2.50. The highest BCUT2D eigenvalue weighted by atomic mass is 16.3. The van der Waals surface area contributed by atoms with Crippen LogP contribution in [-0.4, -0.2) is 27.2 Å². The molecule has 0 radical (unpaired) electrons. The molecule has 0 bridgehead atoms. The van der Waals surface area contributed by atoms with Crippen LogP contribution in [0, 0.1) is 0 Å². The van der Waals surface area contributed by atoms with Gasteiger partial charge in [0, 0.05) is 44.0 Å². The molecule has 0 aliphatic rings. The lowest BCUT2D eigenvalue weighted by molar-refractivity contribution is 0.128. The van der Waals surface area contributed by atoms with Gasteiger partial charge in [0.15, 0.2) is 0 Å². The molecule has 0 unspecified atom stereocenters. The topological polar surface area (TPSA) is 28.4 Å². The monoisotopic (exact) mass is 384 g/mol. The van der Waals surface area contributed by atoms with E-state index in [1.807, 2.05) is 0 Å². The van der Waals surface area contributed by atoms with Crippen LogP contribution in [0.5, 0.6) is 0 Å². The number of fused-ring (bicyclic) bond motifs is 1. The lowest BCUT2D eigenvalue weighted by Crippen LogP contribution is -2.38. The maximum atomic E-state index is 9.82. The Morgan fingerprint density at radius 2 is 1.31 bits per heavy atom. The van der Waals surface area contributed by atoms with E-state index in [1.54, 1.807) is 0 Å². The summed E-state index contributed by atoms with van der Waals surface area (Å²) in [6.45, 7) is 2.76. The van der Waals surface area contributed by atoms with Gasteiger partial charge in [-0.15, -0.1) is 0 Å². The van der Waals surface area contributed by atoms with Gasteiger partial charge in [-0.25, -0.2) is 0 Å². The van der Waals surface area contributed by atoms with Crippen molar-refractivity contribution in [1.29, 1.82) is 0 Å². The highest BCUT2D eigenvalue weighted by molar-refractivity contribution is 5.79. The Hall–Kier alpha value is -2.88. The molecule has 4 rings (SSSR count). The lowest BCUT2D eigenvalue weighted by atomic mass is 10.1. The minimum atomic E-state index is 0.184. The van der Waals surface area contributed by atoms with Crippen molar-refractivity contribution in [3.05, 3.63) is 108 Å². The molecule has 0 saturated carbocycles. The first-order chi connectivity index (χ1) is 14.3. The van der Waals surface area contributed by atoms with E-state index in [0.29, 0.717) is 0 Å². The van der Waals surface area contributed by atoms with E-state index in [4.69, 9.17) is 0 Å². The highest BCUT2D eigenvalue weighted by Crippen LogP contribution is 2.21. The van der Waals surface area contributed by atoms with Crippen LogP contribution in [0.15, 0.2) is 97.2 Å². The van der Waals surface area contributed by atoms with Gasteiger partial charge in [0.25, 0.3) is 0 Å². The van der Waals surface area contributed by atoms with Crippen LogP contribution in [0.1, 0.15) is 17.5 Å². The van der Waals surface area contributed by atoms with Gasteiger partial charge in [0.2, 0.25) is 0 Å². The van der Waals surface area contributed by atoms with Crippen LogP contribution in [0.2, 0.25) is 0 Å². The molecule has 0 fully saturated rings. The van der Waals surface area contributed by atoms with Crippen LogP contribution in [-0.2, 0) is 19.6 Å². The largest absolute Gasteiger partial charge is 0.396 e. The SMILES string of the molecule is OCC[C@@H](Cn1ccc2ccccc21)N(Cc1ccccc1)Cc1ccccc1. The number of hydrogen-bond donors (Lipinski definition) is 1. The maximum Gasteiger partial charge on any atom is 0.0480 e. The number of nitrogens with zero attached hydrogens (tertiary/aromatic N) is 2. The highest BCUT2D eigenvalue weighted by Gasteiger charge is 2.20. The molecule has 0 aliphatic heterocycles. The number of hydrogen-bond acceptors (Lipinski definition) is 2. The quantitative estimate of drug-likeness (QED) is 0.435. The molecule has 3 nitrogen and oxygen atoms in total. The summed E-state index contributed by atoms with van der Waals surface area (Å²) in [6.07, 6.45) is 2.91. The second-order valence-corrected chi connectivity index (χ2v) is 7.57. The number of aliphatic hydroxyl groups is 1. The van der Waals surface area contributed by atoms with Gasteiger partial charge in [0.05, 0.1) is 0 Å². The summed E-state index contributed by atoms with van der Waals surface area (Å²) in [7, 11) is 0. The van der Waals surface area contributed by atoms with Crippen LogP contribution < -0.4 is 0 Å². The lowest BCUT2D eigenvalue weighted by Gasteiger charge is -2.32. The fourth-order valence-corrected chi connectivity index (χ4v) is 4.02. The van der Waals surface area contributed by atoms with Crippen molar-refractivity contribution in [2.45, 2.75) is 32.1 Å². The molecule has 0 saturated heterocycles. The van der Waals surface area contributed by atoms with E-state index in [9.17, 15) is 5.11 Å². The van der Waals surface area contributed by atoms with Crippen molar-refractivity contribution in [2.24, 2.45) is 0 Å². The molecule has 4 aromatic rings. The summed E-state index contributed by atoms with van der Waals surface area (Å²) in [5.74, 6) is 0. The van der Waals surface area contributed by atoms with Crippen LogP contribution >= 0.6 is 0 Å². The first kappa shape index (κ1) is 19.4. The maximum absolute atomic E-state index is 9.82. The fraction of sp³-hybridized carbons (Fsp3) is 0.231. The molecule has 0 aliphatic carbocycles. The first-order valence-corrected chi connectivity index (χ1v) is 10.3. The van der Waals surface area contributed by atoms with E-state index in [1.165, 1.54) is 22.0 Å². The van der Waals surface area contributed by atoms with Crippen molar-refractivity contribution in [3.8, 4) is 0 Å². The Kier molecular flexibility index (Phi) is 6.40. The predicted molar refractivity (Wildman–Crippen MR) is 120 cm³/mol. The predicted octanol–water partition coefficient (Wildman–Crippen LogP) is 5.09. The third-order valence-electron chi connectivity index (χ3n) is 5.52. The van der Waals surface area contributed by atoms with Gasteiger partial charge in [-0.05, 0) is 35.1 Å². The molecule has 0 amide bonds. The van der Waals surface area contributed by atoms with Gasteiger partial charge in [-0.1, -0.05) is 78.9 Å². The number of benzene rings is 3. The normalized spacial score (nSPS) is 12.5. The van der Waals surface area contributed by atoms with Gasteiger partial charge in [-0.3, -0.25) is 4.90 Å². The zero-order chi connectivity index (χ0) is 19.9. The molecule has 1 heterocycles. The van der Waals surface area contributed by atoms with E-state index in [-0.39, 0.29) is 12.6 Å². The Balaban J connectivity index is 1.62. The number of rotatable bonds is 9. The molecule has 3 aromatic carbocycles. The summed E-state index contributed by atoms with van der Waals surface area (Å²) in [5, 5.41) is 11.1. The molecule has 148 valence electrons. The zero-order valence-corrected chi connectivity index (χ0v) is 16.7.